The van der Waals surface area contributed by atoms with Crippen LogP contribution in [0.15, 0.2) is 4.99 Å². The zero-order valence-electron chi connectivity index (χ0n) is 9.83. The fourth-order valence-corrected chi connectivity index (χ4v) is 3.05. The van der Waals surface area contributed by atoms with Crippen LogP contribution in [0.4, 0.5) is 0 Å². The van der Waals surface area contributed by atoms with Crippen LogP contribution in [0.1, 0.15) is 39.5 Å². The van der Waals surface area contributed by atoms with Crippen molar-refractivity contribution in [3.8, 4) is 0 Å². The molecule has 15 heavy (non-hydrogen) atoms. The third kappa shape index (κ3) is 3.71. The van der Waals surface area contributed by atoms with Crippen molar-refractivity contribution >= 4 is 16.9 Å². The minimum absolute atomic E-state index is 0.636. The van der Waals surface area contributed by atoms with E-state index >= 15 is 0 Å². The Bertz CT molecular complexity index is 234. The van der Waals surface area contributed by atoms with Gasteiger partial charge in [0.1, 0.15) is 0 Å². The lowest BCUT2D eigenvalue weighted by atomic mass is 10.1. The molecule has 0 amide bonds. The molecule has 0 aromatic carbocycles. The maximum Gasteiger partial charge on any atom is 0.156 e. The van der Waals surface area contributed by atoms with E-state index in [2.05, 4.69) is 24.2 Å². The summed E-state index contributed by atoms with van der Waals surface area (Å²) in [5.74, 6) is 2.97. The number of amidine groups is 1. The van der Waals surface area contributed by atoms with Gasteiger partial charge in [-0.3, -0.25) is 4.99 Å². The van der Waals surface area contributed by atoms with Crippen molar-refractivity contribution in [1.82, 2.24) is 5.32 Å². The zero-order chi connectivity index (χ0) is 10.7. The fraction of sp³-hybridized carbons (Fsp3) is 0.917. The second-order valence-corrected chi connectivity index (χ2v) is 6.09. The number of rotatable bonds is 5. The van der Waals surface area contributed by atoms with Gasteiger partial charge in [0.25, 0.3) is 0 Å². The van der Waals surface area contributed by atoms with Gasteiger partial charge in [0, 0.05) is 18.3 Å². The Balaban J connectivity index is 1.63. The summed E-state index contributed by atoms with van der Waals surface area (Å²) in [7, 11) is 0. The quantitative estimate of drug-likeness (QED) is 0.729. The summed E-state index contributed by atoms with van der Waals surface area (Å²) in [5.41, 5.74) is 0. The zero-order valence-corrected chi connectivity index (χ0v) is 10.6. The normalized spacial score (nSPS) is 28.7. The van der Waals surface area contributed by atoms with Crippen molar-refractivity contribution in [2.24, 2.45) is 16.8 Å². The average molecular weight is 226 g/mol. The highest BCUT2D eigenvalue weighted by atomic mass is 32.2. The van der Waals surface area contributed by atoms with Gasteiger partial charge in [0.2, 0.25) is 0 Å². The van der Waals surface area contributed by atoms with Crippen molar-refractivity contribution in [3.05, 3.63) is 0 Å². The molecule has 0 bridgehead atoms. The van der Waals surface area contributed by atoms with Gasteiger partial charge in [-0.15, -0.1) is 0 Å². The van der Waals surface area contributed by atoms with Gasteiger partial charge in [-0.05, 0) is 24.7 Å². The summed E-state index contributed by atoms with van der Waals surface area (Å²) >= 11 is 1.89. The SMILES string of the molecule is CC(C)[C@H]1CSC(=NCCCC2CC2)N1. The molecule has 0 spiro atoms. The molecule has 1 saturated heterocycles. The molecule has 2 aliphatic rings. The van der Waals surface area contributed by atoms with Crippen LogP contribution in [0, 0.1) is 11.8 Å². The van der Waals surface area contributed by atoms with Gasteiger partial charge < -0.3 is 5.32 Å². The summed E-state index contributed by atoms with van der Waals surface area (Å²) < 4.78 is 0. The number of thioether (sulfide) groups is 1. The van der Waals surface area contributed by atoms with Crippen LogP contribution in [0.2, 0.25) is 0 Å². The van der Waals surface area contributed by atoms with Crippen molar-refractivity contribution in [3.63, 3.8) is 0 Å². The largest absolute Gasteiger partial charge is 0.361 e. The smallest absolute Gasteiger partial charge is 0.156 e. The van der Waals surface area contributed by atoms with Gasteiger partial charge in [-0.1, -0.05) is 38.5 Å². The highest BCUT2D eigenvalue weighted by molar-refractivity contribution is 8.14. The van der Waals surface area contributed by atoms with E-state index in [1.165, 1.54) is 36.6 Å². The van der Waals surface area contributed by atoms with E-state index in [0.717, 1.165) is 18.4 Å². The molecule has 1 N–H and O–H groups in total. The molecule has 86 valence electrons. The second-order valence-electron chi connectivity index (χ2n) is 5.08. The Morgan fingerprint density at radius 1 is 1.47 bits per heavy atom. The number of nitrogens with one attached hydrogen (secondary N) is 1. The number of nitrogens with zero attached hydrogens (tertiary/aromatic N) is 1. The van der Waals surface area contributed by atoms with Gasteiger partial charge in [-0.2, -0.15) is 0 Å². The molecule has 3 heteroatoms. The van der Waals surface area contributed by atoms with Crippen LogP contribution >= 0.6 is 11.8 Å². The molecule has 2 fully saturated rings. The first-order valence-electron chi connectivity index (χ1n) is 6.19. The minimum atomic E-state index is 0.636. The minimum Gasteiger partial charge on any atom is -0.361 e. The van der Waals surface area contributed by atoms with E-state index in [1.807, 2.05) is 11.8 Å². The summed E-state index contributed by atoms with van der Waals surface area (Å²) in [4.78, 5) is 4.62. The van der Waals surface area contributed by atoms with Crippen molar-refractivity contribution in [2.45, 2.75) is 45.6 Å². The number of hydrogen-bond donors (Lipinski definition) is 1. The maximum atomic E-state index is 4.62. The molecule has 0 aromatic heterocycles. The Morgan fingerprint density at radius 2 is 2.27 bits per heavy atom. The molecule has 0 aromatic rings. The summed E-state index contributed by atoms with van der Waals surface area (Å²) in [6.07, 6.45) is 5.62. The van der Waals surface area contributed by atoms with Gasteiger partial charge in [0.05, 0.1) is 0 Å². The number of aliphatic imine (C=N–C) groups is 1. The predicted molar refractivity (Wildman–Crippen MR) is 68.5 cm³/mol. The first kappa shape index (κ1) is 11.3. The summed E-state index contributed by atoms with van der Waals surface area (Å²) in [6.45, 7) is 5.57. The molecule has 0 unspecified atom stereocenters. The molecule has 2 rings (SSSR count). The maximum absolute atomic E-state index is 4.62. The Labute approximate surface area is 97.3 Å². The van der Waals surface area contributed by atoms with Crippen LogP contribution in [-0.4, -0.2) is 23.5 Å². The van der Waals surface area contributed by atoms with E-state index in [0.29, 0.717) is 6.04 Å². The highest BCUT2D eigenvalue weighted by Gasteiger charge is 2.23. The lowest BCUT2D eigenvalue weighted by molar-refractivity contribution is 0.503. The second kappa shape index (κ2) is 5.24. The summed E-state index contributed by atoms with van der Waals surface area (Å²) in [6, 6.07) is 0.636. The fourth-order valence-electron chi connectivity index (χ4n) is 1.83. The van der Waals surface area contributed by atoms with Crippen molar-refractivity contribution < 1.29 is 0 Å². The van der Waals surface area contributed by atoms with E-state index < -0.39 is 0 Å². The Hall–Kier alpha value is -0.180. The molecule has 1 atom stereocenters. The van der Waals surface area contributed by atoms with E-state index in [-0.39, 0.29) is 0 Å². The number of hydrogen-bond acceptors (Lipinski definition) is 2. The van der Waals surface area contributed by atoms with E-state index in [4.69, 9.17) is 0 Å². The molecular weight excluding hydrogens is 204 g/mol. The first-order valence-corrected chi connectivity index (χ1v) is 7.18. The van der Waals surface area contributed by atoms with Crippen LogP contribution in [0.5, 0.6) is 0 Å². The van der Waals surface area contributed by atoms with Gasteiger partial charge in [-0.25, -0.2) is 0 Å². The Kier molecular flexibility index (Phi) is 3.95. The van der Waals surface area contributed by atoms with E-state index in [1.54, 1.807) is 0 Å². The van der Waals surface area contributed by atoms with Crippen molar-refractivity contribution in [1.29, 1.82) is 0 Å². The molecule has 2 nitrogen and oxygen atoms in total. The monoisotopic (exact) mass is 226 g/mol. The lowest BCUT2D eigenvalue weighted by Crippen LogP contribution is -2.31. The standard InChI is InChI=1S/C12H22N2S/c1-9(2)11-8-15-12(14-11)13-7-3-4-10-5-6-10/h9-11H,3-8H2,1-2H3,(H,13,14)/t11-/m1/s1. The van der Waals surface area contributed by atoms with Crippen LogP contribution in [-0.2, 0) is 0 Å². The van der Waals surface area contributed by atoms with Gasteiger partial charge >= 0.3 is 0 Å². The van der Waals surface area contributed by atoms with Crippen molar-refractivity contribution in [2.75, 3.05) is 12.3 Å². The topological polar surface area (TPSA) is 24.4 Å². The summed E-state index contributed by atoms with van der Waals surface area (Å²) in [5, 5.41) is 4.69. The highest BCUT2D eigenvalue weighted by Crippen LogP contribution is 2.33. The molecular formula is C12H22N2S. The molecule has 1 heterocycles. The molecule has 1 saturated carbocycles. The first-order chi connectivity index (χ1) is 7.25. The van der Waals surface area contributed by atoms with Gasteiger partial charge in [0.15, 0.2) is 5.17 Å². The van der Waals surface area contributed by atoms with Crippen LogP contribution in [0.3, 0.4) is 0 Å². The average Bonchev–Trinajstić information content (AvgIpc) is 2.90. The lowest BCUT2D eigenvalue weighted by Gasteiger charge is -2.13. The molecule has 0 radical (unpaired) electrons. The Morgan fingerprint density at radius 3 is 2.87 bits per heavy atom. The molecule has 1 aliphatic heterocycles. The van der Waals surface area contributed by atoms with Crippen LogP contribution in [0.25, 0.3) is 0 Å². The predicted octanol–water partition coefficient (Wildman–Crippen LogP) is 2.89. The van der Waals surface area contributed by atoms with E-state index in [9.17, 15) is 0 Å². The third-order valence-electron chi connectivity index (χ3n) is 3.24. The van der Waals surface area contributed by atoms with Crippen LogP contribution < -0.4 is 5.32 Å². The molecule has 1 aliphatic carbocycles. The third-order valence-corrected chi connectivity index (χ3v) is 4.28.